The van der Waals surface area contributed by atoms with E-state index in [0.29, 0.717) is 28.0 Å². The van der Waals surface area contributed by atoms with E-state index in [-0.39, 0.29) is 6.61 Å². The summed E-state index contributed by atoms with van der Waals surface area (Å²) in [7, 11) is 0. The van der Waals surface area contributed by atoms with Gasteiger partial charge in [0.1, 0.15) is 15.4 Å². The van der Waals surface area contributed by atoms with E-state index < -0.39 is 11.9 Å². The van der Waals surface area contributed by atoms with Crippen LogP contribution in [0.15, 0.2) is 47.5 Å². The molecule has 0 aliphatic carbocycles. The molecule has 10 heteroatoms. The van der Waals surface area contributed by atoms with Crippen molar-refractivity contribution in [2.45, 2.75) is 5.75 Å². The van der Waals surface area contributed by atoms with Crippen molar-refractivity contribution in [1.29, 1.82) is 0 Å². The maximum atomic E-state index is 12.5. The molecule has 1 amide bonds. The number of carbonyl (C=O) groups excluding carboxylic acids is 2. The molecule has 7 nitrogen and oxygen atoms in total. The Morgan fingerprint density at radius 3 is 2.90 bits per heavy atom. The summed E-state index contributed by atoms with van der Waals surface area (Å²) < 4.78 is 14.6. The molecule has 1 aliphatic heterocycles. The lowest BCUT2D eigenvalue weighted by Crippen LogP contribution is -2.21. The molecule has 0 unspecified atom stereocenters. The number of ether oxygens (including phenoxy) is 1. The number of fused-ring (bicyclic) bond motifs is 1. The van der Waals surface area contributed by atoms with Gasteiger partial charge in [0, 0.05) is 11.5 Å². The summed E-state index contributed by atoms with van der Waals surface area (Å²) in [6, 6.07) is 12.6. The van der Waals surface area contributed by atoms with Gasteiger partial charge in [0.2, 0.25) is 0 Å². The van der Waals surface area contributed by atoms with Gasteiger partial charge in [0.05, 0.1) is 29.5 Å². The van der Waals surface area contributed by atoms with Gasteiger partial charge in [0.25, 0.3) is 5.91 Å². The van der Waals surface area contributed by atoms with Crippen LogP contribution >= 0.6 is 35.3 Å². The van der Waals surface area contributed by atoms with Gasteiger partial charge < -0.3 is 10.1 Å². The van der Waals surface area contributed by atoms with Crippen molar-refractivity contribution in [1.82, 2.24) is 8.75 Å². The number of benzene rings is 2. The maximum absolute atomic E-state index is 12.5. The van der Waals surface area contributed by atoms with E-state index in [1.54, 1.807) is 47.8 Å². The van der Waals surface area contributed by atoms with Gasteiger partial charge in [-0.2, -0.15) is 8.75 Å². The Kier molecular flexibility index (Phi) is 6.43. The second kappa shape index (κ2) is 9.38. The fourth-order valence-electron chi connectivity index (χ4n) is 2.69. The molecule has 0 spiro atoms. The molecule has 3 aromatic rings. The van der Waals surface area contributed by atoms with Gasteiger partial charge in [-0.3, -0.25) is 9.79 Å². The first-order valence-corrected chi connectivity index (χ1v) is 11.5. The Morgan fingerprint density at radius 2 is 2.03 bits per heavy atom. The minimum Gasteiger partial charge on any atom is -0.452 e. The SMILES string of the molecule is O=C(COC(=O)c1ccccc1CSC1=NCCS1)Nc1cccc2nsnc12. The van der Waals surface area contributed by atoms with E-state index in [1.165, 1.54) is 0 Å². The Bertz CT molecular complexity index is 1080. The Morgan fingerprint density at radius 1 is 1.14 bits per heavy atom. The average Bonchev–Trinajstić information content (AvgIpc) is 3.43. The fourth-order valence-corrected chi connectivity index (χ4v) is 5.25. The van der Waals surface area contributed by atoms with Crippen LogP contribution in [0.1, 0.15) is 15.9 Å². The molecule has 0 atom stereocenters. The zero-order valence-electron chi connectivity index (χ0n) is 15.2. The monoisotopic (exact) mass is 444 g/mol. The largest absolute Gasteiger partial charge is 0.452 e. The van der Waals surface area contributed by atoms with Gasteiger partial charge in [-0.05, 0) is 23.8 Å². The lowest BCUT2D eigenvalue weighted by atomic mass is 10.1. The fraction of sp³-hybridized carbons (Fsp3) is 0.211. The smallest absolute Gasteiger partial charge is 0.338 e. The summed E-state index contributed by atoms with van der Waals surface area (Å²) in [6.07, 6.45) is 0. The molecule has 29 heavy (non-hydrogen) atoms. The summed E-state index contributed by atoms with van der Waals surface area (Å²) in [5, 5.41) is 2.72. The lowest BCUT2D eigenvalue weighted by molar-refractivity contribution is -0.119. The van der Waals surface area contributed by atoms with Crippen LogP contribution in [0.25, 0.3) is 11.0 Å². The number of thioether (sulfide) groups is 2. The third kappa shape index (κ3) is 4.95. The number of amides is 1. The normalized spacial score (nSPS) is 13.3. The number of hydrogen-bond acceptors (Lipinski definition) is 9. The number of rotatable bonds is 6. The Hall–Kier alpha value is -2.43. The van der Waals surface area contributed by atoms with Crippen molar-refractivity contribution in [2.75, 3.05) is 24.2 Å². The number of carbonyl (C=O) groups is 2. The highest BCUT2D eigenvalue weighted by atomic mass is 32.2. The third-order valence-electron chi connectivity index (χ3n) is 4.04. The first-order chi connectivity index (χ1) is 14.2. The second-order valence-electron chi connectivity index (χ2n) is 6.00. The van der Waals surface area contributed by atoms with Gasteiger partial charge in [-0.1, -0.05) is 47.8 Å². The number of aliphatic imine (C=N–C) groups is 1. The van der Waals surface area contributed by atoms with Gasteiger partial charge in [-0.15, -0.1) is 0 Å². The summed E-state index contributed by atoms with van der Waals surface area (Å²) in [6.45, 7) is 0.466. The number of aromatic nitrogens is 2. The van der Waals surface area contributed by atoms with Gasteiger partial charge in [0.15, 0.2) is 6.61 Å². The van der Waals surface area contributed by atoms with Gasteiger partial charge >= 0.3 is 5.97 Å². The standard InChI is InChI=1S/C19H16N4O3S3/c24-16(21-14-6-3-7-15-17(14)23-29-22-15)10-26-18(25)13-5-2-1-4-12(13)11-28-19-20-8-9-27-19/h1-7H,8-11H2,(H,21,24). The van der Waals surface area contributed by atoms with Crippen LogP contribution in [0.2, 0.25) is 0 Å². The minimum absolute atomic E-state index is 0.378. The van der Waals surface area contributed by atoms with Crippen LogP contribution in [0.5, 0.6) is 0 Å². The summed E-state index contributed by atoms with van der Waals surface area (Å²) in [4.78, 5) is 29.2. The quantitative estimate of drug-likeness (QED) is 0.578. The van der Waals surface area contributed by atoms with Crippen molar-refractivity contribution < 1.29 is 14.3 Å². The number of nitrogens with zero attached hydrogens (tertiary/aromatic N) is 3. The summed E-state index contributed by atoms with van der Waals surface area (Å²) >= 11 is 4.41. The molecule has 0 saturated heterocycles. The first-order valence-electron chi connectivity index (χ1n) is 8.77. The Balaban J connectivity index is 1.35. The summed E-state index contributed by atoms with van der Waals surface area (Å²) in [5.41, 5.74) is 3.19. The van der Waals surface area contributed by atoms with Crippen LogP contribution in [0, 0.1) is 0 Å². The number of nitrogens with one attached hydrogen (secondary N) is 1. The number of anilines is 1. The number of esters is 1. The predicted octanol–water partition coefficient (Wildman–Crippen LogP) is 3.82. The molecule has 0 saturated carbocycles. The second-order valence-corrected chi connectivity index (χ2v) is 8.84. The third-order valence-corrected chi connectivity index (χ3v) is 6.88. The van der Waals surface area contributed by atoms with E-state index in [9.17, 15) is 9.59 Å². The molecule has 2 heterocycles. The number of hydrogen-bond donors (Lipinski definition) is 1. The van der Waals surface area contributed by atoms with Crippen molar-refractivity contribution >= 4 is 68.2 Å². The predicted molar refractivity (Wildman–Crippen MR) is 119 cm³/mol. The maximum Gasteiger partial charge on any atom is 0.338 e. The van der Waals surface area contributed by atoms with Crippen LogP contribution in [-0.2, 0) is 15.3 Å². The molecule has 2 aromatic carbocycles. The zero-order chi connectivity index (χ0) is 20.1. The van der Waals surface area contributed by atoms with E-state index in [1.807, 2.05) is 18.2 Å². The Labute approximate surface area is 179 Å². The van der Waals surface area contributed by atoms with Crippen molar-refractivity contribution in [3.63, 3.8) is 0 Å². The van der Waals surface area contributed by atoms with Crippen LogP contribution in [0.3, 0.4) is 0 Å². The van der Waals surface area contributed by atoms with E-state index >= 15 is 0 Å². The van der Waals surface area contributed by atoms with E-state index in [2.05, 4.69) is 19.1 Å². The molecular formula is C19H16N4O3S3. The average molecular weight is 445 g/mol. The highest BCUT2D eigenvalue weighted by molar-refractivity contribution is 8.38. The van der Waals surface area contributed by atoms with E-state index in [4.69, 9.17) is 4.74 Å². The topological polar surface area (TPSA) is 93.5 Å². The molecule has 1 aliphatic rings. The molecule has 1 N–H and O–H groups in total. The van der Waals surface area contributed by atoms with Crippen molar-refractivity contribution in [2.24, 2.45) is 4.99 Å². The molecule has 0 fully saturated rings. The van der Waals surface area contributed by atoms with Gasteiger partial charge in [-0.25, -0.2) is 4.79 Å². The van der Waals surface area contributed by atoms with Crippen molar-refractivity contribution in [3.05, 3.63) is 53.6 Å². The summed E-state index contributed by atoms with van der Waals surface area (Å²) in [5.74, 6) is 0.682. The molecule has 4 rings (SSSR count). The lowest BCUT2D eigenvalue weighted by Gasteiger charge is -2.10. The molecule has 1 aromatic heterocycles. The zero-order valence-corrected chi connectivity index (χ0v) is 17.6. The molecular weight excluding hydrogens is 428 g/mol. The molecule has 148 valence electrons. The van der Waals surface area contributed by atoms with Crippen molar-refractivity contribution in [3.8, 4) is 0 Å². The van der Waals surface area contributed by atoms with Crippen LogP contribution in [0.4, 0.5) is 5.69 Å². The highest BCUT2D eigenvalue weighted by Gasteiger charge is 2.16. The minimum atomic E-state index is -0.522. The first kappa shape index (κ1) is 19.9. The highest BCUT2D eigenvalue weighted by Crippen LogP contribution is 2.27. The molecule has 0 radical (unpaired) electrons. The van der Waals surface area contributed by atoms with E-state index in [0.717, 1.165) is 34.0 Å². The molecule has 0 bridgehead atoms. The van der Waals surface area contributed by atoms with Crippen LogP contribution < -0.4 is 5.32 Å². The van der Waals surface area contributed by atoms with Crippen LogP contribution in [-0.4, -0.2) is 43.9 Å².